The number of hydrogen-bond donors (Lipinski definition) is 2. The van der Waals surface area contributed by atoms with Crippen LogP contribution in [0.2, 0.25) is 0 Å². The molecule has 0 bridgehead atoms. The van der Waals surface area contributed by atoms with Gasteiger partial charge in [0.2, 0.25) is 0 Å². The van der Waals surface area contributed by atoms with Crippen molar-refractivity contribution >= 4 is 16.7 Å². The van der Waals surface area contributed by atoms with Gasteiger partial charge >= 0.3 is 0 Å². The molecule has 0 fully saturated rings. The summed E-state index contributed by atoms with van der Waals surface area (Å²) >= 11 is 0. The van der Waals surface area contributed by atoms with E-state index in [0.717, 1.165) is 0 Å². The van der Waals surface area contributed by atoms with Gasteiger partial charge in [-0.15, -0.1) is 0 Å². The Balaban J connectivity index is 2.88. The van der Waals surface area contributed by atoms with Gasteiger partial charge in [-0.2, -0.15) is 0 Å². The summed E-state index contributed by atoms with van der Waals surface area (Å²) < 4.78 is 13.1. The highest BCUT2D eigenvalue weighted by atomic mass is 19.1. The number of nitrogens with two attached hydrogens (primary N) is 1. The highest BCUT2D eigenvalue weighted by molar-refractivity contribution is 5.79. The predicted molar refractivity (Wildman–Crippen MR) is 45.2 cm³/mol. The van der Waals surface area contributed by atoms with E-state index in [1.807, 2.05) is 0 Å². The molecule has 2 rings (SSSR count). The number of nitrogens with zero attached hydrogens (tertiary/aromatic N) is 1. The molecule has 0 saturated heterocycles. The molecule has 2 aromatic rings. The van der Waals surface area contributed by atoms with Crippen molar-refractivity contribution in [1.82, 2.24) is 9.97 Å². The maximum atomic E-state index is 13.1. The zero-order chi connectivity index (χ0) is 8.72. The van der Waals surface area contributed by atoms with Crippen LogP contribution in [0.25, 0.3) is 11.0 Å². The second-order valence-corrected chi connectivity index (χ2v) is 2.72. The quantitative estimate of drug-likeness (QED) is 0.582. The van der Waals surface area contributed by atoms with Crippen molar-refractivity contribution in [3.8, 4) is 0 Å². The van der Waals surface area contributed by atoms with E-state index in [1.165, 1.54) is 6.07 Å². The van der Waals surface area contributed by atoms with Gasteiger partial charge in [0.05, 0.1) is 5.52 Å². The molecule has 12 heavy (non-hydrogen) atoms. The minimum absolute atomic E-state index is 0.349. The van der Waals surface area contributed by atoms with Gasteiger partial charge in [0.25, 0.3) is 0 Å². The first-order valence-corrected chi connectivity index (χ1v) is 3.58. The third-order valence-corrected chi connectivity index (χ3v) is 1.68. The van der Waals surface area contributed by atoms with Crippen molar-refractivity contribution in [3.63, 3.8) is 0 Å². The van der Waals surface area contributed by atoms with Gasteiger partial charge in [0.1, 0.15) is 11.3 Å². The lowest BCUT2D eigenvalue weighted by atomic mass is 10.3. The number of fused-ring (bicyclic) bond motifs is 1. The van der Waals surface area contributed by atoms with Crippen LogP contribution in [-0.4, -0.2) is 9.97 Å². The van der Waals surface area contributed by atoms with E-state index in [4.69, 9.17) is 5.73 Å². The van der Waals surface area contributed by atoms with E-state index >= 15 is 0 Å². The van der Waals surface area contributed by atoms with Gasteiger partial charge in [0.15, 0.2) is 5.82 Å². The molecular weight excluding hydrogens is 157 g/mol. The smallest absolute Gasteiger partial charge is 0.153 e. The summed E-state index contributed by atoms with van der Waals surface area (Å²) in [5, 5.41) is 0. The number of anilines is 1. The van der Waals surface area contributed by atoms with Crippen LogP contribution in [0.15, 0.2) is 12.1 Å². The number of imidazole rings is 1. The number of aryl methyl sites for hydroxylation is 1. The lowest BCUT2D eigenvalue weighted by Gasteiger charge is -1.93. The normalized spacial score (nSPS) is 10.8. The SMILES string of the molecule is Cc1nc2c(F)cc(N)cc2[nH]1. The van der Waals surface area contributed by atoms with Gasteiger partial charge in [-0.05, 0) is 19.1 Å². The highest BCUT2D eigenvalue weighted by Gasteiger charge is 2.05. The van der Waals surface area contributed by atoms with Crippen molar-refractivity contribution < 1.29 is 4.39 Å². The number of hydrogen-bond acceptors (Lipinski definition) is 2. The molecule has 0 atom stereocenters. The first-order chi connectivity index (χ1) is 5.66. The van der Waals surface area contributed by atoms with Crippen molar-refractivity contribution in [2.75, 3.05) is 5.73 Å². The zero-order valence-electron chi connectivity index (χ0n) is 6.56. The summed E-state index contributed by atoms with van der Waals surface area (Å²) in [4.78, 5) is 6.88. The van der Waals surface area contributed by atoms with Crippen LogP contribution in [0.4, 0.5) is 10.1 Å². The molecule has 1 aromatic heterocycles. The molecule has 0 aliphatic carbocycles. The number of rotatable bonds is 0. The van der Waals surface area contributed by atoms with Crippen molar-refractivity contribution in [2.45, 2.75) is 6.92 Å². The number of halogens is 1. The van der Waals surface area contributed by atoms with Crippen LogP contribution in [0.1, 0.15) is 5.82 Å². The maximum Gasteiger partial charge on any atom is 0.153 e. The van der Waals surface area contributed by atoms with Crippen LogP contribution >= 0.6 is 0 Å². The average Bonchev–Trinajstić information content (AvgIpc) is 2.29. The molecule has 1 heterocycles. The van der Waals surface area contributed by atoms with Gasteiger partial charge in [-0.25, -0.2) is 9.37 Å². The number of aromatic amines is 1. The van der Waals surface area contributed by atoms with Crippen LogP contribution < -0.4 is 5.73 Å². The monoisotopic (exact) mass is 165 g/mol. The summed E-state index contributed by atoms with van der Waals surface area (Å²) in [5.41, 5.74) is 6.84. The third-order valence-electron chi connectivity index (χ3n) is 1.68. The minimum Gasteiger partial charge on any atom is -0.399 e. The van der Waals surface area contributed by atoms with E-state index in [-0.39, 0.29) is 5.82 Å². The zero-order valence-corrected chi connectivity index (χ0v) is 6.56. The lowest BCUT2D eigenvalue weighted by molar-refractivity contribution is 0.638. The molecule has 62 valence electrons. The number of aromatic nitrogens is 2. The van der Waals surface area contributed by atoms with Gasteiger partial charge in [-0.1, -0.05) is 0 Å². The fraction of sp³-hybridized carbons (Fsp3) is 0.125. The largest absolute Gasteiger partial charge is 0.399 e. The van der Waals surface area contributed by atoms with Crippen LogP contribution in [-0.2, 0) is 0 Å². The molecule has 4 heteroatoms. The lowest BCUT2D eigenvalue weighted by Crippen LogP contribution is -1.86. The first-order valence-electron chi connectivity index (χ1n) is 3.58. The molecule has 0 spiro atoms. The Morgan fingerprint density at radius 1 is 1.50 bits per heavy atom. The Morgan fingerprint density at radius 2 is 2.25 bits per heavy atom. The van der Waals surface area contributed by atoms with Crippen LogP contribution in [0, 0.1) is 12.7 Å². The fourth-order valence-corrected chi connectivity index (χ4v) is 1.22. The maximum absolute atomic E-state index is 13.1. The van der Waals surface area contributed by atoms with Gasteiger partial charge in [-0.3, -0.25) is 0 Å². The molecule has 0 amide bonds. The highest BCUT2D eigenvalue weighted by Crippen LogP contribution is 2.18. The van der Waals surface area contributed by atoms with E-state index < -0.39 is 0 Å². The Morgan fingerprint density at radius 3 is 3.00 bits per heavy atom. The number of nitrogens with one attached hydrogen (secondary N) is 1. The molecule has 0 aliphatic heterocycles. The Kier molecular flexibility index (Phi) is 1.30. The molecule has 0 unspecified atom stereocenters. The van der Waals surface area contributed by atoms with Crippen molar-refractivity contribution in [1.29, 1.82) is 0 Å². The van der Waals surface area contributed by atoms with Crippen LogP contribution in [0.3, 0.4) is 0 Å². The summed E-state index contributed by atoms with van der Waals surface area (Å²) in [5.74, 6) is 0.309. The minimum atomic E-state index is -0.380. The van der Waals surface area contributed by atoms with Gasteiger partial charge < -0.3 is 10.7 Å². The topological polar surface area (TPSA) is 54.7 Å². The fourth-order valence-electron chi connectivity index (χ4n) is 1.22. The summed E-state index contributed by atoms with van der Waals surface area (Å²) in [6.07, 6.45) is 0. The van der Waals surface area contributed by atoms with E-state index in [0.29, 0.717) is 22.5 Å². The van der Waals surface area contributed by atoms with Gasteiger partial charge in [0, 0.05) is 5.69 Å². The second-order valence-electron chi connectivity index (χ2n) is 2.72. The van der Waals surface area contributed by atoms with E-state index in [1.54, 1.807) is 13.0 Å². The molecule has 0 saturated carbocycles. The number of H-pyrrole nitrogens is 1. The molecular formula is C8H8FN3. The van der Waals surface area contributed by atoms with E-state index in [9.17, 15) is 4.39 Å². The Labute approximate surface area is 68.4 Å². The second kappa shape index (κ2) is 2.20. The summed E-state index contributed by atoms with van der Waals surface area (Å²) in [6, 6.07) is 2.93. The molecule has 3 nitrogen and oxygen atoms in total. The number of benzene rings is 1. The first kappa shape index (κ1) is 7.09. The standard InChI is InChI=1S/C8H8FN3/c1-4-11-7-3-5(10)2-6(9)8(7)12-4/h2-3H,10H2,1H3,(H,11,12). The molecule has 0 radical (unpaired) electrons. The van der Waals surface area contributed by atoms with Crippen molar-refractivity contribution in [3.05, 3.63) is 23.8 Å². The third kappa shape index (κ3) is 0.922. The summed E-state index contributed by atoms with van der Waals surface area (Å²) in [6.45, 7) is 1.77. The average molecular weight is 165 g/mol. The van der Waals surface area contributed by atoms with Crippen LogP contribution in [0.5, 0.6) is 0 Å². The number of nitrogen functional groups attached to an aromatic ring is 1. The molecule has 1 aromatic carbocycles. The predicted octanol–water partition coefficient (Wildman–Crippen LogP) is 1.59. The van der Waals surface area contributed by atoms with Crippen molar-refractivity contribution in [2.24, 2.45) is 0 Å². The molecule has 3 N–H and O–H groups in total. The molecule has 0 aliphatic rings. The summed E-state index contributed by atoms with van der Waals surface area (Å²) in [7, 11) is 0. The Bertz CT molecular complexity index is 433. The van der Waals surface area contributed by atoms with E-state index in [2.05, 4.69) is 9.97 Å². The Hall–Kier alpha value is -1.58.